The van der Waals surface area contributed by atoms with Gasteiger partial charge in [0.2, 0.25) is 11.9 Å². The van der Waals surface area contributed by atoms with E-state index in [1.807, 2.05) is 19.1 Å². The summed E-state index contributed by atoms with van der Waals surface area (Å²) in [4.78, 5) is 22.0. The lowest BCUT2D eigenvalue weighted by Crippen LogP contribution is -2.47. The molecule has 0 radical (unpaired) electrons. The number of piperazine rings is 1. The van der Waals surface area contributed by atoms with Gasteiger partial charge in [-0.3, -0.25) is 0 Å². The van der Waals surface area contributed by atoms with Crippen LogP contribution >= 0.6 is 0 Å². The fraction of sp³-hybridized carbons (Fsp3) is 0.263. The van der Waals surface area contributed by atoms with E-state index in [0.29, 0.717) is 11.6 Å². The van der Waals surface area contributed by atoms with Gasteiger partial charge in [0.15, 0.2) is 0 Å². The zero-order valence-electron chi connectivity index (χ0n) is 15.0. The third-order valence-electron chi connectivity index (χ3n) is 4.36. The van der Waals surface area contributed by atoms with Crippen LogP contribution in [0.3, 0.4) is 0 Å². The van der Waals surface area contributed by atoms with Gasteiger partial charge in [0.1, 0.15) is 11.6 Å². The van der Waals surface area contributed by atoms with Crippen molar-refractivity contribution in [3.63, 3.8) is 0 Å². The number of hydrogen-bond acceptors (Lipinski definition) is 7. The van der Waals surface area contributed by atoms with E-state index in [-0.39, 0.29) is 5.82 Å². The molecule has 0 bridgehead atoms. The molecule has 1 N–H and O–H groups in total. The highest BCUT2D eigenvalue weighted by molar-refractivity contribution is 5.56. The zero-order valence-corrected chi connectivity index (χ0v) is 15.0. The van der Waals surface area contributed by atoms with Crippen LogP contribution in [0.5, 0.6) is 0 Å². The van der Waals surface area contributed by atoms with Crippen LogP contribution in [0.15, 0.2) is 48.8 Å². The molecule has 27 heavy (non-hydrogen) atoms. The lowest BCUT2D eigenvalue weighted by atomic mass is 10.3. The van der Waals surface area contributed by atoms with Crippen molar-refractivity contribution in [2.45, 2.75) is 6.92 Å². The fourth-order valence-corrected chi connectivity index (χ4v) is 3.06. The second kappa shape index (κ2) is 7.53. The van der Waals surface area contributed by atoms with Crippen LogP contribution < -0.4 is 15.1 Å². The van der Waals surface area contributed by atoms with E-state index < -0.39 is 0 Å². The van der Waals surface area contributed by atoms with Crippen molar-refractivity contribution in [3.05, 3.63) is 60.3 Å². The van der Waals surface area contributed by atoms with E-state index >= 15 is 0 Å². The van der Waals surface area contributed by atoms with Crippen LogP contribution in [-0.2, 0) is 0 Å². The maximum absolute atomic E-state index is 13.4. The number of benzene rings is 1. The van der Waals surface area contributed by atoms with Crippen molar-refractivity contribution in [3.8, 4) is 0 Å². The average Bonchev–Trinajstić information content (AvgIpc) is 2.68. The van der Waals surface area contributed by atoms with Gasteiger partial charge in [-0.1, -0.05) is 6.07 Å². The highest BCUT2D eigenvalue weighted by atomic mass is 19.1. The molecule has 1 aromatic carbocycles. The van der Waals surface area contributed by atoms with E-state index in [4.69, 9.17) is 0 Å². The molecule has 0 spiro atoms. The Bertz CT molecular complexity index is 911. The van der Waals surface area contributed by atoms with Gasteiger partial charge < -0.3 is 15.1 Å². The predicted octanol–water partition coefficient (Wildman–Crippen LogP) is 2.78. The van der Waals surface area contributed by atoms with Gasteiger partial charge in [0, 0.05) is 56.0 Å². The number of halogens is 1. The summed E-state index contributed by atoms with van der Waals surface area (Å²) in [6.45, 7) is 5.19. The summed E-state index contributed by atoms with van der Waals surface area (Å²) >= 11 is 0. The molecule has 1 aliphatic rings. The summed E-state index contributed by atoms with van der Waals surface area (Å²) < 4.78 is 13.4. The summed E-state index contributed by atoms with van der Waals surface area (Å²) in [6, 6.07) is 10.0. The first kappa shape index (κ1) is 17.1. The highest BCUT2D eigenvalue weighted by Gasteiger charge is 2.20. The quantitative estimate of drug-likeness (QED) is 0.762. The molecule has 1 fully saturated rings. The van der Waals surface area contributed by atoms with E-state index in [1.54, 1.807) is 24.5 Å². The molecule has 1 saturated heterocycles. The topological polar surface area (TPSA) is 70.1 Å². The SMILES string of the molecule is Cc1cc(N2CCN(c3ncccn3)CC2)nc(Nc2cccc(F)c2)n1. The molecule has 0 unspecified atom stereocenters. The molecule has 138 valence electrons. The Balaban J connectivity index is 1.47. The number of hydrogen-bond donors (Lipinski definition) is 1. The second-order valence-corrected chi connectivity index (χ2v) is 6.35. The Hall–Kier alpha value is -3.29. The van der Waals surface area contributed by atoms with Crippen LogP contribution in [0.4, 0.5) is 27.8 Å². The minimum atomic E-state index is -0.299. The van der Waals surface area contributed by atoms with Crippen molar-refractivity contribution in [2.24, 2.45) is 0 Å². The minimum Gasteiger partial charge on any atom is -0.353 e. The first-order chi connectivity index (χ1) is 13.2. The van der Waals surface area contributed by atoms with Gasteiger partial charge in [0.05, 0.1) is 0 Å². The number of rotatable bonds is 4. The van der Waals surface area contributed by atoms with Gasteiger partial charge in [-0.05, 0) is 31.2 Å². The predicted molar refractivity (Wildman–Crippen MR) is 103 cm³/mol. The van der Waals surface area contributed by atoms with E-state index in [0.717, 1.165) is 43.6 Å². The number of nitrogens with one attached hydrogen (secondary N) is 1. The number of anilines is 4. The number of aryl methyl sites for hydroxylation is 1. The van der Waals surface area contributed by atoms with Crippen LogP contribution in [-0.4, -0.2) is 46.1 Å². The summed E-state index contributed by atoms with van der Waals surface area (Å²) in [7, 11) is 0. The van der Waals surface area contributed by atoms with E-state index in [9.17, 15) is 4.39 Å². The van der Waals surface area contributed by atoms with Crippen LogP contribution in [0, 0.1) is 12.7 Å². The van der Waals surface area contributed by atoms with Crippen molar-refractivity contribution >= 4 is 23.4 Å². The van der Waals surface area contributed by atoms with Gasteiger partial charge in [0.25, 0.3) is 0 Å². The summed E-state index contributed by atoms with van der Waals surface area (Å²) in [6.07, 6.45) is 3.51. The van der Waals surface area contributed by atoms with Gasteiger partial charge >= 0.3 is 0 Å². The van der Waals surface area contributed by atoms with Crippen molar-refractivity contribution in [1.82, 2.24) is 19.9 Å². The Labute approximate surface area is 156 Å². The molecule has 3 aromatic rings. The third-order valence-corrected chi connectivity index (χ3v) is 4.36. The second-order valence-electron chi connectivity index (χ2n) is 6.35. The Morgan fingerprint density at radius 3 is 2.41 bits per heavy atom. The highest BCUT2D eigenvalue weighted by Crippen LogP contribution is 2.21. The summed E-state index contributed by atoms with van der Waals surface area (Å²) in [5.41, 5.74) is 1.48. The maximum atomic E-state index is 13.4. The molecule has 0 saturated carbocycles. The molecule has 1 aliphatic heterocycles. The largest absolute Gasteiger partial charge is 0.353 e. The van der Waals surface area contributed by atoms with Crippen molar-refractivity contribution in [1.29, 1.82) is 0 Å². The Kier molecular flexibility index (Phi) is 4.78. The van der Waals surface area contributed by atoms with Gasteiger partial charge in [-0.2, -0.15) is 4.98 Å². The first-order valence-corrected chi connectivity index (χ1v) is 8.82. The molecule has 8 heteroatoms. The molecule has 0 amide bonds. The molecule has 0 atom stereocenters. The molecular weight excluding hydrogens is 345 g/mol. The third kappa shape index (κ3) is 4.11. The lowest BCUT2D eigenvalue weighted by molar-refractivity contribution is 0.628. The molecule has 4 rings (SSSR count). The van der Waals surface area contributed by atoms with E-state index in [1.165, 1.54) is 12.1 Å². The molecule has 7 nitrogen and oxygen atoms in total. The molecule has 0 aliphatic carbocycles. The molecule has 3 heterocycles. The van der Waals surface area contributed by atoms with Crippen molar-refractivity contribution in [2.75, 3.05) is 41.3 Å². The smallest absolute Gasteiger partial charge is 0.229 e. The monoisotopic (exact) mass is 365 g/mol. The van der Waals surface area contributed by atoms with Crippen molar-refractivity contribution < 1.29 is 4.39 Å². The number of aromatic nitrogens is 4. The summed E-state index contributed by atoms with van der Waals surface area (Å²) in [5.74, 6) is 1.77. The van der Waals surface area contributed by atoms with Crippen LogP contribution in [0.1, 0.15) is 5.69 Å². The van der Waals surface area contributed by atoms with E-state index in [2.05, 4.69) is 35.1 Å². The number of nitrogens with zero attached hydrogens (tertiary/aromatic N) is 6. The molecule has 2 aromatic heterocycles. The van der Waals surface area contributed by atoms with Gasteiger partial charge in [-0.15, -0.1) is 0 Å². The molecular formula is C19H20FN7. The lowest BCUT2D eigenvalue weighted by Gasteiger charge is -2.35. The Morgan fingerprint density at radius 1 is 0.926 bits per heavy atom. The average molecular weight is 365 g/mol. The summed E-state index contributed by atoms with van der Waals surface area (Å²) in [5, 5.41) is 3.08. The van der Waals surface area contributed by atoms with Gasteiger partial charge in [-0.25, -0.2) is 19.3 Å². The van der Waals surface area contributed by atoms with Crippen LogP contribution in [0.2, 0.25) is 0 Å². The standard InChI is InChI=1S/C19H20FN7/c1-14-12-17(25-18(23-14)24-16-5-2-4-15(20)13-16)26-8-10-27(11-9-26)19-21-6-3-7-22-19/h2-7,12-13H,8-11H2,1H3,(H,23,24,25). The minimum absolute atomic E-state index is 0.299. The fourth-order valence-electron chi connectivity index (χ4n) is 3.06. The van der Waals surface area contributed by atoms with Crippen LogP contribution in [0.25, 0.3) is 0 Å². The first-order valence-electron chi connectivity index (χ1n) is 8.82. The normalized spacial score (nSPS) is 14.3. The maximum Gasteiger partial charge on any atom is 0.229 e. The zero-order chi connectivity index (χ0) is 18.6. The Morgan fingerprint density at radius 2 is 1.67 bits per heavy atom.